The molecule has 0 aromatic carbocycles. The van der Waals surface area contributed by atoms with Crippen molar-refractivity contribution in [3.63, 3.8) is 0 Å². The van der Waals surface area contributed by atoms with Crippen LogP contribution < -0.4 is 0 Å². The second-order valence-corrected chi connectivity index (χ2v) is 5.60. The van der Waals surface area contributed by atoms with Crippen molar-refractivity contribution in [1.29, 1.82) is 0 Å². The summed E-state index contributed by atoms with van der Waals surface area (Å²) < 4.78 is 0. The fraction of sp³-hybridized carbons (Fsp3) is 0.467. The number of carbonyl (C=O) groups excluding carboxylic acids is 1. The van der Waals surface area contributed by atoms with Crippen LogP contribution in [-0.2, 0) is 0 Å². The Bertz CT molecular complexity index is 678. The molecule has 2 aromatic rings. The number of aryl methyl sites for hydroxylation is 3. The summed E-state index contributed by atoms with van der Waals surface area (Å²) in [7, 11) is 0. The minimum absolute atomic E-state index is 0.0123. The Morgan fingerprint density at radius 3 is 2.76 bits per heavy atom. The second kappa shape index (κ2) is 5.27. The molecule has 0 spiro atoms. The van der Waals surface area contributed by atoms with Crippen molar-refractivity contribution < 1.29 is 4.79 Å². The van der Waals surface area contributed by atoms with Gasteiger partial charge in [-0.05, 0) is 27.2 Å². The number of nitrogens with zero attached hydrogens (tertiary/aromatic N) is 4. The van der Waals surface area contributed by atoms with Gasteiger partial charge < -0.3 is 9.88 Å². The van der Waals surface area contributed by atoms with Crippen LogP contribution in [0.25, 0.3) is 0 Å². The molecule has 1 aliphatic rings. The Kier molecular flexibility index (Phi) is 3.45. The number of nitrogens with one attached hydrogen (secondary N) is 1. The third-order valence-corrected chi connectivity index (χ3v) is 3.91. The minimum atomic E-state index is 0.0123. The number of aromatic nitrogens is 4. The number of rotatable bonds is 2. The van der Waals surface area contributed by atoms with E-state index in [1.807, 2.05) is 31.9 Å². The highest BCUT2D eigenvalue weighted by atomic mass is 16.2. The summed E-state index contributed by atoms with van der Waals surface area (Å²) in [4.78, 5) is 30.5. The van der Waals surface area contributed by atoms with E-state index in [1.165, 1.54) is 0 Å². The number of aromatic amines is 1. The van der Waals surface area contributed by atoms with Gasteiger partial charge in [-0.15, -0.1) is 0 Å². The van der Waals surface area contributed by atoms with Crippen LogP contribution in [0.5, 0.6) is 0 Å². The minimum Gasteiger partial charge on any atom is -0.346 e. The van der Waals surface area contributed by atoms with Gasteiger partial charge in [-0.2, -0.15) is 0 Å². The zero-order valence-electron chi connectivity index (χ0n) is 12.6. The molecule has 1 saturated heterocycles. The van der Waals surface area contributed by atoms with Crippen LogP contribution in [0.4, 0.5) is 0 Å². The van der Waals surface area contributed by atoms with Gasteiger partial charge in [0.2, 0.25) is 0 Å². The van der Waals surface area contributed by atoms with Crippen LogP contribution >= 0.6 is 0 Å². The van der Waals surface area contributed by atoms with E-state index < -0.39 is 0 Å². The van der Waals surface area contributed by atoms with E-state index in [1.54, 1.807) is 6.20 Å². The van der Waals surface area contributed by atoms with Crippen molar-refractivity contribution >= 4 is 5.91 Å². The van der Waals surface area contributed by atoms with Gasteiger partial charge in [0.1, 0.15) is 11.6 Å². The van der Waals surface area contributed by atoms with Gasteiger partial charge in [-0.1, -0.05) is 0 Å². The summed E-state index contributed by atoms with van der Waals surface area (Å²) in [6, 6.07) is 0. The first-order valence-electron chi connectivity index (χ1n) is 7.15. The predicted octanol–water partition coefficient (Wildman–Crippen LogP) is 1.75. The van der Waals surface area contributed by atoms with Crippen molar-refractivity contribution in [3.05, 3.63) is 41.0 Å². The highest BCUT2D eigenvalue weighted by Gasteiger charge is 2.30. The summed E-state index contributed by atoms with van der Waals surface area (Å²) in [5.41, 5.74) is 2.39. The van der Waals surface area contributed by atoms with Crippen LogP contribution in [0.1, 0.15) is 45.7 Å². The fourth-order valence-corrected chi connectivity index (χ4v) is 2.77. The van der Waals surface area contributed by atoms with Gasteiger partial charge in [0, 0.05) is 37.1 Å². The second-order valence-electron chi connectivity index (χ2n) is 5.60. The number of carbonyl (C=O) groups is 1. The molecule has 6 heteroatoms. The van der Waals surface area contributed by atoms with Crippen LogP contribution in [0, 0.1) is 20.8 Å². The smallest absolute Gasteiger partial charge is 0.257 e. The number of hydrogen-bond acceptors (Lipinski definition) is 4. The van der Waals surface area contributed by atoms with Gasteiger partial charge in [0.25, 0.3) is 5.91 Å². The number of imidazole rings is 1. The quantitative estimate of drug-likeness (QED) is 0.912. The lowest BCUT2D eigenvalue weighted by Crippen LogP contribution is -2.29. The summed E-state index contributed by atoms with van der Waals surface area (Å²) >= 11 is 0. The molecule has 0 saturated carbocycles. The van der Waals surface area contributed by atoms with E-state index >= 15 is 0 Å². The van der Waals surface area contributed by atoms with Crippen molar-refractivity contribution in [3.8, 4) is 0 Å². The highest BCUT2D eigenvalue weighted by molar-refractivity contribution is 5.95. The Morgan fingerprint density at radius 1 is 1.29 bits per heavy atom. The molecule has 110 valence electrons. The van der Waals surface area contributed by atoms with Crippen molar-refractivity contribution in [2.75, 3.05) is 13.1 Å². The van der Waals surface area contributed by atoms with E-state index in [9.17, 15) is 4.79 Å². The summed E-state index contributed by atoms with van der Waals surface area (Å²) in [6.45, 7) is 7.11. The maximum atomic E-state index is 12.6. The molecule has 1 atom stereocenters. The molecule has 21 heavy (non-hydrogen) atoms. The molecule has 0 aliphatic carbocycles. The van der Waals surface area contributed by atoms with E-state index in [0.717, 1.165) is 30.2 Å². The molecule has 3 rings (SSSR count). The number of H-pyrrole nitrogens is 1. The third kappa shape index (κ3) is 2.66. The molecule has 1 fully saturated rings. The standard InChI is InChI=1S/C15H19N5O/c1-9-6-17-14(18-9)12-4-5-20(8-12)15(21)13-7-16-11(3)19-10(13)2/h6-7,12H,4-5,8H2,1-3H3,(H,17,18)/t12-/m0/s1. The predicted molar refractivity (Wildman–Crippen MR) is 78.1 cm³/mol. The fourth-order valence-electron chi connectivity index (χ4n) is 2.77. The molecular formula is C15H19N5O. The van der Waals surface area contributed by atoms with E-state index in [0.29, 0.717) is 17.9 Å². The molecule has 0 bridgehead atoms. The zero-order valence-corrected chi connectivity index (χ0v) is 12.6. The van der Waals surface area contributed by atoms with E-state index in [2.05, 4.69) is 19.9 Å². The van der Waals surface area contributed by atoms with E-state index in [-0.39, 0.29) is 11.8 Å². The Morgan fingerprint density at radius 2 is 2.10 bits per heavy atom. The number of hydrogen-bond donors (Lipinski definition) is 1. The molecule has 0 unspecified atom stereocenters. The lowest BCUT2D eigenvalue weighted by atomic mass is 10.1. The van der Waals surface area contributed by atoms with Crippen molar-refractivity contribution in [2.24, 2.45) is 0 Å². The first-order chi connectivity index (χ1) is 10.0. The van der Waals surface area contributed by atoms with Gasteiger partial charge in [0.15, 0.2) is 0 Å². The van der Waals surface area contributed by atoms with Crippen LogP contribution in [-0.4, -0.2) is 43.8 Å². The largest absolute Gasteiger partial charge is 0.346 e. The lowest BCUT2D eigenvalue weighted by Gasteiger charge is -2.17. The third-order valence-electron chi connectivity index (χ3n) is 3.91. The van der Waals surface area contributed by atoms with Crippen LogP contribution in [0.3, 0.4) is 0 Å². The number of likely N-dealkylation sites (tertiary alicyclic amines) is 1. The Balaban J connectivity index is 1.75. The lowest BCUT2D eigenvalue weighted by molar-refractivity contribution is 0.0789. The normalized spacial score (nSPS) is 18.2. The number of amides is 1. The Hall–Kier alpha value is -2.24. The molecular weight excluding hydrogens is 266 g/mol. The molecule has 3 heterocycles. The zero-order chi connectivity index (χ0) is 15.0. The van der Waals surface area contributed by atoms with Crippen LogP contribution in [0.15, 0.2) is 12.4 Å². The van der Waals surface area contributed by atoms with Gasteiger partial charge in [-0.3, -0.25) is 4.79 Å². The van der Waals surface area contributed by atoms with Gasteiger partial charge in [-0.25, -0.2) is 15.0 Å². The maximum absolute atomic E-state index is 12.6. The van der Waals surface area contributed by atoms with E-state index in [4.69, 9.17) is 0 Å². The highest BCUT2D eigenvalue weighted by Crippen LogP contribution is 2.26. The summed E-state index contributed by atoms with van der Waals surface area (Å²) in [6.07, 6.45) is 4.40. The summed E-state index contributed by atoms with van der Waals surface area (Å²) in [5, 5.41) is 0. The maximum Gasteiger partial charge on any atom is 0.257 e. The first-order valence-corrected chi connectivity index (χ1v) is 7.15. The van der Waals surface area contributed by atoms with Gasteiger partial charge in [0.05, 0.1) is 11.3 Å². The van der Waals surface area contributed by atoms with Crippen molar-refractivity contribution in [1.82, 2.24) is 24.8 Å². The molecule has 6 nitrogen and oxygen atoms in total. The first kappa shape index (κ1) is 13.7. The molecule has 0 radical (unpaired) electrons. The monoisotopic (exact) mass is 285 g/mol. The molecule has 1 aliphatic heterocycles. The van der Waals surface area contributed by atoms with Gasteiger partial charge >= 0.3 is 0 Å². The Labute approximate surface area is 123 Å². The van der Waals surface area contributed by atoms with Crippen molar-refractivity contribution in [2.45, 2.75) is 33.1 Å². The average molecular weight is 285 g/mol. The van der Waals surface area contributed by atoms with Crippen LogP contribution in [0.2, 0.25) is 0 Å². The average Bonchev–Trinajstić information content (AvgIpc) is 3.06. The molecule has 1 amide bonds. The molecule has 1 N–H and O–H groups in total. The summed E-state index contributed by atoms with van der Waals surface area (Å²) in [5.74, 6) is 1.96. The topological polar surface area (TPSA) is 74.8 Å². The SMILES string of the molecule is Cc1ncc(C(=O)N2CC[C@H](c3ncc(C)[nH]3)C2)c(C)n1. The molecule has 2 aromatic heterocycles.